The van der Waals surface area contributed by atoms with Crippen LogP contribution in [0.3, 0.4) is 0 Å². The molecule has 1 aliphatic rings. The van der Waals surface area contributed by atoms with Crippen molar-refractivity contribution in [3.8, 4) is 0 Å². The summed E-state index contributed by atoms with van der Waals surface area (Å²) in [5.41, 5.74) is 4.07. The highest BCUT2D eigenvalue weighted by atomic mass is 32.2. The molecule has 2 aromatic rings. The van der Waals surface area contributed by atoms with Crippen LogP contribution in [-0.2, 0) is 11.3 Å². The molecule has 3 rings (SSSR count). The number of aromatic amines is 1. The van der Waals surface area contributed by atoms with Crippen molar-refractivity contribution in [3.63, 3.8) is 0 Å². The average Bonchev–Trinajstić information content (AvgIpc) is 2.81. The van der Waals surface area contributed by atoms with Crippen LogP contribution < -0.4 is 10.6 Å². The molecular formula is C13H14N4OS. The lowest BCUT2D eigenvalue weighted by Crippen LogP contribution is -2.18. The molecule has 1 aliphatic heterocycles. The Balaban J connectivity index is 1.74. The number of carbonyl (C=O) groups excluding carboxylic acids is 1. The summed E-state index contributed by atoms with van der Waals surface area (Å²) in [5, 5.41) is 13.1. The molecule has 1 aromatic heterocycles. The van der Waals surface area contributed by atoms with Crippen molar-refractivity contribution in [2.24, 2.45) is 0 Å². The van der Waals surface area contributed by atoms with Gasteiger partial charge in [0.05, 0.1) is 17.6 Å². The fourth-order valence-electron chi connectivity index (χ4n) is 1.94. The third kappa shape index (κ3) is 2.58. The number of nitrogens with zero attached hydrogens (tertiary/aromatic N) is 1. The Labute approximate surface area is 115 Å². The molecule has 5 nitrogen and oxygen atoms in total. The lowest BCUT2D eigenvalue weighted by Gasteiger charge is -2.17. The van der Waals surface area contributed by atoms with Crippen LogP contribution in [0.5, 0.6) is 0 Å². The van der Waals surface area contributed by atoms with Gasteiger partial charge >= 0.3 is 0 Å². The van der Waals surface area contributed by atoms with Gasteiger partial charge in [0, 0.05) is 28.4 Å². The Morgan fingerprint density at radius 1 is 1.47 bits per heavy atom. The summed E-state index contributed by atoms with van der Waals surface area (Å²) in [4.78, 5) is 12.5. The van der Waals surface area contributed by atoms with E-state index in [0.29, 0.717) is 12.3 Å². The van der Waals surface area contributed by atoms with E-state index < -0.39 is 0 Å². The minimum Gasteiger partial charge on any atom is -0.381 e. The minimum absolute atomic E-state index is 0.0559. The summed E-state index contributed by atoms with van der Waals surface area (Å²) < 4.78 is 0. The van der Waals surface area contributed by atoms with Crippen molar-refractivity contribution in [2.45, 2.75) is 18.4 Å². The van der Waals surface area contributed by atoms with E-state index in [1.807, 2.05) is 31.3 Å². The molecule has 0 saturated heterocycles. The zero-order valence-corrected chi connectivity index (χ0v) is 11.3. The van der Waals surface area contributed by atoms with Crippen molar-refractivity contribution in [1.82, 2.24) is 10.2 Å². The van der Waals surface area contributed by atoms with Gasteiger partial charge in [-0.25, -0.2) is 0 Å². The van der Waals surface area contributed by atoms with E-state index >= 15 is 0 Å². The first-order valence-electron chi connectivity index (χ1n) is 6.02. The van der Waals surface area contributed by atoms with Crippen LogP contribution in [0.4, 0.5) is 11.4 Å². The number of hydrogen-bond donors (Lipinski definition) is 3. The number of fused-ring (bicyclic) bond motifs is 1. The largest absolute Gasteiger partial charge is 0.381 e. The summed E-state index contributed by atoms with van der Waals surface area (Å²) in [6, 6.07) is 6.03. The van der Waals surface area contributed by atoms with Crippen LogP contribution in [-0.4, -0.2) is 21.9 Å². The molecule has 6 heteroatoms. The van der Waals surface area contributed by atoms with Gasteiger partial charge in [-0.3, -0.25) is 9.89 Å². The van der Waals surface area contributed by atoms with E-state index in [1.165, 1.54) is 0 Å². The molecule has 3 N–H and O–H groups in total. The quantitative estimate of drug-likeness (QED) is 0.803. The molecule has 0 bridgehead atoms. The Morgan fingerprint density at radius 2 is 2.37 bits per heavy atom. The highest BCUT2D eigenvalue weighted by Gasteiger charge is 2.15. The molecule has 0 aliphatic carbocycles. The zero-order chi connectivity index (χ0) is 13.2. The first-order valence-corrected chi connectivity index (χ1v) is 7.00. The van der Waals surface area contributed by atoms with Crippen LogP contribution in [0.15, 0.2) is 29.3 Å². The fraction of sp³-hybridized carbons (Fsp3) is 0.231. The molecule has 1 aromatic carbocycles. The molecule has 0 radical (unpaired) electrons. The van der Waals surface area contributed by atoms with Gasteiger partial charge in [0.25, 0.3) is 0 Å². The third-order valence-electron chi connectivity index (χ3n) is 3.03. The first kappa shape index (κ1) is 12.1. The number of thioether (sulfide) groups is 1. The maximum Gasteiger partial charge on any atom is 0.234 e. The molecule has 0 spiro atoms. The van der Waals surface area contributed by atoms with E-state index in [2.05, 4.69) is 20.8 Å². The van der Waals surface area contributed by atoms with Crippen molar-refractivity contribution in [1.29, 1.82) is 0 Å². The van der Waals surface area contributed by atoms with Crippen molar-refractivity contribution < 1.29 is 4.79 Å². The van der Waals surface area contributed by atoms with Crippen LogP contribution in [0.2, 0.25) is 0 Å². The summed E-state index contributed by atoms with van der Waals surface area (Å²) in [5.74, 6) is 0.550. The maximum atomic E-state index is 11.4. The summed E-state index contributed by atoms with van der Waals surface area (Å²) in [6.07, 6.45) is 1.82. The van der Waals surface area contributed by atoms with Gasteiger partial charge < -0.3 is 10.6 Å². The Morgan fingerprint density at radius 3 is 3.16 bits per heavy atom. The molecule has 0 unspecified atom stereocenters. The number of rotatable bonds is 3. The van der Waals surface area contributed by atoms with Gasteiger partial charge in [-0.1, -0.05) is 0 Å². The zero-order valence-electron chi connectivity index (χ0n) is 10.5. The Bertz CT molecular complexity index is 623. The number of benzene rings is 1. The van der Waals surface area contributed by atoms with Gasteiger partial charge in [-0.15, -0.1) is 11.8 Å². The number of amides is 1. The van der Waals surface area contributed by atoms with E-state index in [1.54, 1.807) is 11.8 Å². The normalized spacial score (nSPS) is 13.8. The number of carbonyl (C=O) groups is 1. The lowest BCUT2D eigenvalue weighted by atomic mass is 10.2. The molecule has 19 heavy (non-hydrogen) atoms. The molecule has 1 amide bonds. The number of hydrogen-bond acceptors (Lipinski definition) is 4. The van der Waals surface area contributed by atoms with Crippen molar-refractivity contribution in [2.75, 3.05) is 16.4 Å². The van der Waals surface area contributed by atoms with Crippen molar-refractivity contribution in [3.05, 3.63) is 35.7 Å². The summed E-state index contributed by atoms with van der Waals surface area (Å²) >= 11 is 1.57. The lowest BCUT2D eigenvalue weighted by molar-refractivity contribution is -0.113. The molecule has 2 heterocycles. The monoisotopic (exact) mass is 274 g/mol. The summed E-state index contributed by atoms with van der Waals surface area (Å²) in [7, 11) is 0. The average molecular weight is 274 g/mol. The number of anilines is 2. The van der Waals surface area contributed by atoms with E-state index in [4.69, 9.17) is 0 Å². The maximum absolute atomic E-state index is 11.4. The van der Waals surface area contributed by atoms with Crippen LogP contribution in [0.25, 0.3) is 0 Å². The summed E-state index contributed by atoms with van der Waals surface area (Å²) in [6.45, 7) is 2.70. The second kappa shape index (κ2) is 4.97. The molecule has 0 saturated carbocycles. The smallest absolute Gasteiger partial charge is 0.234 e. The van der Waals surface area contributed by atoms with Crippen molar-refractivity contribution >= 4 is 29.0 Å². The second-order valence-corrected chi connectivity index (χ2v) is 5.44. The molecule has 98 valence electrons. The standard InChI is InChI=1S/C13H14N4OS/c1-8-9(6-15-17-8)5-14-10-2-3-12-11(4-10)16-13(18)7-19-12/h2-4,6,14H,5,7H2,1H3,(H,15,17)(H,16,18). The van der Waals surface area contributed by atoms with Gasteiger partial charge in [0.15, 0.2) is 0 Å². The SMILES string of the molecule is Cc1[nH]ncc1CNc1ccc2c(c1)NC(=O)CS2. The third-order valence-corrected chi connectivity index (χ3v) is 4.10. The van der Waals surface area contributed by atoms with Crippen LogP contribution in [0.1, 0.15) is 11.3 Å². The predicted molar refractivity (Wildman–Crippen MR) is 76.4 cm³/mol. The van der Waals surface area contributed by atoms with Crippen LogP contribution in [0, 0.1) is 6.92 Å². The number of aryl methyl sites for hydroxylation is 1. The van der Waals surface area contributed by atoms with Gasteiger partial charge in [0.2, 0.25) is 5.91 Å². The number of aromatic nitrogens is 2. The Kier molecular flexibility index (Phi) is 3.16. The van der Waals surface area contributed by atoms with Gasteiger partial charge in [0.1, 0.15) is 0 Å². The van der Waals surface area contributed by atoms with Gasteiger partial charge in [-0.2, -0.15) is 5.10 Å². The van der Waals surface area contributed by atoms with E-state index in [-0.39, 0.29) is 5.91 Å². The first-order chi connectivity index (χ1) is 9.22. The Hall–Kier alpha value is -1.95. The van der Waals surface area contributed by atoms with Gasteiger partial charge in [-0.05, 0) is 25.1 Å². The molecule has 0 atom stereocenters. The number of nitrogens with one attached hydrogen (secondary N) is 3. The predicted octanol–water partition coefficient (Wildman–Crippen LogP) is 2.37. The van der Waals surface area contributed by atoms with Crippen LogP contribution >= 0.6 is 11.8 Å². The topological polar surface area (TPSA) is 69.8 Å². The van der Waals surface area contributed by atoms with E-state index in [9.17, 15) is 4.79 Å². The number of H-pyrrole nitrogens is 1. The fourth-order valence-corrected chi connectivity index (χ4v) is 2.73. The highest BCUT2D eigenvalue weighted by molar-refractivity contribution is 8.00. The second-order valence-electron chi connectivity index (χ2n) is 4.42. The highest BCUT2D eigenvalue weighted by Crippen LogP contribution is 2.33. The molecular weight excluding hydrogens is 260 g/mol. The van der Waals surface area contributed by atoms with E-state index in [0.717, 1.165) is 27.5 Å². The molecule has 0 fully saturated rings. The minimum atomic E-state index is 0.0559.